The average molecular weight is 479 g/mol. The van der Waals surface area contributed by atoms with Gasteiger partial charge in [0.25, 0.3) is 5.56 Å². The summed E-state index contributed by atoms with van der Waals surface area (Å²) in [6.45, 7) is 2.82. The number of halogens is 3. The molecular weight excluding hydrogens is 458 g/mol. The molecule has 0 radical (unpaired) electrons. The van der Waals surface area contributed by atoms with Crippen molar-refractivity contribution in [2.75, 3.05) is 0 Å². The number of hydrogen-bond donors (Lipinski definition) is 1. The summed E-state index contributed by atoms with van der Waals surface area (Å²) < 4.78 is 29.5. The zero-order valence-corrected chi connectivity index (χ0v) is 18.5. The Morgan fingerprint density at radius 1 is 1.09 bits per heavy atom. The lowest BCUT2D eigenvalue weighted by atomic mass is 10.1. The van der Waals surface area contributed by atoms with E-state index < -0.39 is 22.9 Å². The fourth-order valence-electron chi connectivity index (χ4n) is 3.50. The van der Waals surface area contributed by atoms with Gasteiger partial charge in [-0.25, -0.2) is 13.6 Å². The first-order valence-electron chi connectivity index (χ1n) is 10.5. The minimum atomic E-state index is -0.681. The van der Waals surface area contributed by atoms with Crippen molar-refractivity contribution in [1.82, 2.24) is 39.3 Å². The highest BCUT2D eigenvalue weighted by atomic mass is 35.5. The number of aromatic nitrogens is 8. The molecule has 0 aliphatic heterocycles. The topological polar surface area (TPSA) is 116 Å². The van der Waals surface area contributed by atoms with Crippen molar-refractivity contribution in [3.05, 3.63) is 67.3 Å². The van der Waals surface area contributed by atoms with Crippen LogP contribution in [0.4, 0.5) is 8.78 Å². The second kappa shape index (κ2) is 9.61. The van der Waals surface area contributed by atoms with Crippen molar-refractivity contribution in [3.63, 3.8) is 0 Å². The fourth-order valence-corrected chi connectivity index (χ4v) is 3.68. The molecule has 4 aromatic rings. The Morgan fingerprint density at radius 3 is 2.64 bits per heavy atom. The van der Waals surface area contributed by atoms with Crippen LogP contribution in [-0.2, 0) is 26.1 Å². The van der Waals surface area contributed by atoms with Crippen LogP contribution in [0.3, 0.4) is 0 Å². The Hall–Kier alpha value is -3.41. The van der Waals surface area contributed by atoms with Crippen LogP contribution in [0.1, 0.15) is 37.6 Å². The van der Waals surface area contributed by atoms with Gasteiger partial charge in [0.15, 0.2) is 17.0 Å². The first-order chi connectivity index (χ1) is 15.9. The third-order valence-electron chi connectivity index (χ3n) is 5.17. The lowest BCUT2D eigenvalue weighted by molar-refractivity contribution is 0.451. The maximum Gasteiger partial charge on any atom is 0.332 e. The SMILES string of the molecule is CCCCn1c(=O)n(CCCn2nnc(Cc3ccc(F)cc3F)n2)c(=O)c2[nH]c(Cl)nc21. The molecule has 1 N–H and O–H groups in total. The number of rotatable bonds is 9. The summed E-state index contributed by atoms with van der Waals surface area (Å²) in [6, 6.07) is 3.30. The number of aromatic amines is 1. The van der Waals surface area contributed by atoms with Crippen molar-refractivity contribution in [2.24, 2.45) is 0 Å². The van der Waals surface area contributed by atoms with E-state index in [1.807, 2.05) is 6.92 Å². The summed E-state index contributed by atoms with van der Waals surface area (Å²) in [7, 11) is 0. The summed E-state index contributed by atoms with van der Waals surface area (Å²) in [4.78, 5) is 33.9. The maximum atomic E-state index is 13.8. The molecule has 0 atom stereocenters. The van der Waals surface area contributed by atoms with E-state index in [0.29, 0.717) is 13.0 Å². The zero-order chi connectivity index (χ0) is 23.5. The number of nitrogens with one attached hydrogen (secondary N) is 1. The van der Waals surface area contributed by atoms with E-state index in [9.17, 15) is 18.4 Å². The predicted molar refractivity (Wildman–Crippen MR) is 116 cm³/mol. The maximum absolute atomic E-state index is 13.8. The van der Waals surface area contributed by atoms with Crippen molar-refractivity contribution in [3.8, 4) is 0 Å². The van der Waals surface area contributed by atoms with Gasteiger partial charge >= 0.3 is 5.69 Å². The number of fused-ring (bicyclic) bond motifs is 1. The molecule has 0 unspecified atom stereocenters. The van der Waals surface area contributed by atoms with Crippen LogP contribution in [0.15, 0.2) is 27.8 Å². The van der Waals surface area contributed by atoms with Gasteiger partial charge in [-0.05, 0) is 41.3 Å². The van der Waals surface area contributed by atoms with Gasteiger partial charge in [0.1, 0.15) is 11.6 Å². The van der Waals surface area contributed by atoms with Gasteiger partial charge in [-0.1, -0.05) is 19.4 Å². The molecule has 4 rings (SSSR count). The molecule has 0 aliphatic rings. The number of tetrazole rings is 1. The van der Waals surface area contributed by atoms with Gasteiger partial charge in [0, 0.05) is 25.6 Å². The molecule has 0 saturated heterocycles. The summed E-state index contributed by atoms with van der Waals surface area (Å²) in [5.74, 6) is -1.07. The van der Waals surface area contributed by atoms with E-state index in [2.05, 4.69) is 25.4 Å². The highest BCUT2D eigenvalue weighted by molar-refractivity contribution is 6.28. The average Bonchev–Trinajstić information content (AvgIpc) is 3.39. The molecule has 0 bridgehead atoms. The van der Waals surface area contributed by atoms with Crippen molar-refractivity contribution >= 4 is 22.8 Å². The molecule has 174 valence electrons. The predicted octanol–water partition coefficient (Wildman–Crippen LogP) is 2.29. The van der Waals surface area contributed by atoms with Gasteiger partial charge in [0.05, 0.1) is 6.54 Å². The zero-order valence-electron chi connectivity index (χ0n) is 17.8. The Bertz CT molecular complexity index is 1410. The standard InChI is InChI=1S/C20H21ClF2N8O2/c1-2-3-7-29-17-16(24-19(21)25-17)18(32)30(20(29)33)8-4-9-31-27-15(26-28-31)10-12-5-6-13(22)11-14(12)23/h5-6,11H,2-4,7-10H2,1H3,(H,24,25). The van der Waals surface area contributed by atoms with E-state index in [1.54, 1.807) is 0 Å². The highest BCUT2D eigenvalue weighted by Crippen LogP contribution is 2.13. The summed E-state index contributed by atoms with van der Waals surface area (Å²) in [6.07, 6.45) is 2.05. The minimum absolute atomic E-state index is 0.0430. The molecule has 0 spiro atoms. The monoisotopic (exact) mass is 478 g/mol. The van der Waals surface area contributed by atoms with Crippen molar-refractivity contribution in [2.45, 2.75) is 52.2 Å². The second-order valence-electron chi connectivity index (χ2n) is 7.54. The van der Waals surface area contributed by atoms with Crippen LogP contribution in [0, 0.1) is 11.6 Å². The largest absolute Gasteiger partial charge is 0.332 e. The van der Waals surface area contributed by atoms with Crippen LogP contribution in [-0.4, -0.2) is 39.3 Å². The van der Waals surface area contributed by atoms with Crippen molar-refractivity contribution in [1.29, 1.82) is 0 Å². The summed E-state index contributed by atoms with van der Waals surface area (Å²) >= 11 is 5.93. The Kier molecular flexibility index (Phi) is 6.63. The molecule has 33 heavy (non-hydrogen) atoms. The van der Waals surface area contributed by atoms with Gasteiger partial charge in [-0.15, -0.1) is 10.2 Å². The molecular formula is C20H21ClF2N8O2. The smallest absolute Gasteiger partial charge is 0.323 e. The second-order valence-corrected chi connectivity index (χ2v) is 7.90. The Labute approximate surface area is 190 Å². The molecule has 13 heteroatoms. The molecule has 0 saturated carbocycles. The number of unbranched alkanes of at least 4 members (excludes halogenated alkanes) is 1. The fraction of sp³-hybridized carbons (Fsp3) is 0.400. The number of hydrogen-bond acceptors (Lipinski definition) is 6. The van der Waals surface area contributed by atoms with Crippen molar-refractivity contribution < 1.29 is 8.78 Å². The summed E-state index contributed by atoms with van der Waals surface area (Å²) in [5.41, 5.74) is -0.278. The Morgan fingerprint density at radius 2 is 1.88 bits per heavy atom. The van der Waals surface area contributed by atoms with Gasteiger partial charge < -0.3 is 4.98 Å². The molecule has 3 aromatic heterocycles. The number of aryl methyl sites for hydroxylation is 2. The first-order valence-corrected chi connectivity index (χ1v) is 10.8. The molecule has 0 fully saturated rings. The molecule has 0 aliphatic carbocycles. The Balaban J connectivity index is 1.48. The number of H-pyrrole nitrogens is 1. The van der Waals surface area contributed by atoms with E-state index in [-0.39, 0.29) is 47.3 Å². The third kappa shape index (κ3) is 4.85. The van der Waals surface area contributed by atoms with E-state index in [1.165, 1.54) is 15.4 Å². The number of benzene rings is 1. The van der Waals surface area contributed by atoms with Crippen LogP contribution < -0.4 is 11.2 Å². The molecule has 1 aromatic carbocycles. The summed E-state index contributed by atoms with van der Waals surface area (Å²) in [5, 5.41) is 12.0. The number of imidazole rings is 1. The first kappa shape index (κ1) is 22.8. The van der Waals surface area contributed by atoms with E-state index in [0.717, 1.165) is 29.5 Å². The van der Waals surface area contributed by atoms with Gasteiger partial charge in [0.2, 0.25) is 5.28 Å². The molecule has 0 amide bonds. The van der Waals surface area contributed by atoms with Crippen LogP contribution in [0.25, 0.3) is 11.2 Å². The lowest BCUT2D eigenvalue weighted by Gasteiger charge is -2.10. The van der Waals surface area contributed by atoms with Crippen LogP contribution >= 0.6 is 11.6 Å². The third-order valence-corrected chi connectivity index (χ3v) is 5.34. The molecule has 3 heterocycles. The normalized spacial score (nSPS) is 11.5. The number of nitrogens with zero attached hydrogens (tertiary/aromatic N) is 7. The molecule has 10 nitrogen and oxygen atoms in total. The van der Waals surface area contributed by atoms with Gasteiger partial charge in [-0.2, -0.15) is 9.78 Å². The lowest BCUT2D eigenvalue weighted by Crippen LogP contribution is -2.40. The van der Waals surface area contributed by atoms with Crippen LogP contribution in [0.2, 0.25) is 5.28 Å². The van der Waals surface area contributed by atoms with Gasteiger partial charge in [-0.3, -0.25) is 13.9 Å². The highest BCUT2D eigenvalue weighted by Gasteiger charge is 2.17. The van der Waals surface area contributed by atoms with Crippen LogP contribution in [0.5, 0.6) is 0 Å². The van der Waals surface area contributed by atoms with E-state index >= 15 is 0 Å². The minimum Gasteiger partial charge on any atom is -0.323 e. The van der Waals surface area contributed by atoms with E-state index in [4.69, 9.17) is 11.6 Å². The quantitative estimate of drug-likeness (QED) is 0.369.